The molecule has 0 radical (unpaired) electrons. The summed E-state index contributed by atoms with van der Waals surface area (Å²) in [6.45, 7) is 2.73. The van der Waals surface area contributed by atoms with Crippen LogP contribution in [-0.2, 0) is 17.8 Å². The third-order valence-electron chi connectivity index (χ3n) is 4.49. The molecule has 2 aromatic rings. The normalized spacial score (nSPS) is 15.7. The topological polar surface area (TPSA) is 45.5 Å². The monoisotopic (exact) mass is 312 g/mol. The minimum atomic E-state index is 0.190. The van der Waals surface area contributed by atoms with Crippen molar-refractivity contribution in [1.82, 2.24) is 10.2 Å². The number of hydrogen-bond donors (Lipinski definition) is 1. The largest absolute Gasteiger partial charge is 0.468 e. The maximum absolute atomic E-state index is 12.2. The SMILES string of the molecule is O=C(CNCc1ccco1)N1CCC(Cc2ccccc2)CC1. The number of hydrogen-bond acceptors (Lipinski definition) is 3. The molecule has 4 nitrogen and oxygen atoms in total. The van der Waals surface area contributed by atoms with Gasteiger partial charge in [-0.05, 0) is 42.9 Å². The minimum absolute atomic E-state index is 0.190. The van der Waals surface area contributed by atoms with E-state index in [-0.39, 0.29) is 5.91 Å². The van der Waals surface area contributed by atoms with E-state index in [2.05, 4.69) is 35.6 Å². The van der Waals surface area contributed by atoms with Crippen molar-refractivity contribution in [3.63, 3.8) is 0 Å². The van der Waals surface area contributed by atoms with Crippen molar-refractivity contribution >= 4 is 5.91 Å². The van der Waals surface area contributed by atoms with Crippen molar-refractivity contribution in [1.29, 1.82) is 0 Å². The number of carbonyl (C=O) groups is 1. The van der Waals surface area contributed by atoms with Gasteiger partial charge in [0.05, 0.1) is 19.4 Å². The maximum Gasteiger partial charge on any atom is 0.236 e. The Kier molecular flexibility index (Phi) is 5.48. The van der Waals surface area contributed by atoms with Crippen molar-refractivity contribution in [3.8, 4) is 0 Å². The Balaban J connectivity index is 1.37. The lowest BCUT2D eigenvalue weighted by Crippen LogP contribution is -2.43. The number of carbonyl (C=O) groups excluding carboxylic acids is 1. The van der Waals surface area contributed by atoms with Gasteiger partial charge < -0.3 is 14.6 Å². The van der Waals surface area contributed by atoms with Gasteiger partial charge in [0, 0.05) is 13.1 Å². The summed E-state index contributed by atoms with van der Waals surface area (Å²) in [5.74, 6) is 1.74. The van der Waals surface area contributed by atoms with Gasteiger partial charge in [0.2, 0.25) is 5.91 Å². The van der Waals surface area contributed by atoms with E-state index in [1.54, 1.807) is 6.26 Å². The summed E-state index contributed by atoms with van der Waals surface area (Å²) in [5.41, 5.74) is 1.40. The van der Waals surface area contributed by atoms with E-state index in [0.717, 1.165) is 38.1 Å². The molecule has 0 bridgehead atoms. The Labute approximate surface area is 137 Å². The number of benzene rings is 1. The molecule has 0 aliphatic carbocycles. The highest BCUT2D eigenvalue weighted by molar-refractivity contribution is 5.78. The molecule has 1 aromatic heterocycles. The molecule has 1 N–H and O–H groups in total. The predicted octanol–water partition coefficient (Wildman–Crippen LogP) is 2.85. The highest BCUT2D eigenvalue weighted by atomic mass is 16.3. The molecule has 1 amide bonds. The van der Waals surface area contributed by atoms with E-state index in [9.17, 15) is 4.79 Å². The van der Waals surface area contributed by atoms with Crippen LogP contribution in [0.3, 0.4) is 0 Å². The van der Waals surface area contributed by atoms with Gasteiger partial charge >= 0.3 is 0 Å². The number of rotatable bonds is 6. The standard InChI is InChI=1S/C19H24N2O2/c22-19(15-20-14-18-7-4-12-23-18)21-10-8-17(9-11-21)13-16-5-2-1-3-6-16/h1-7,12,17,20H,8-11,13-15H2. The van der Waals surface area contributed by atoms with Gasteiger partial charge in [-0.15, -0.1) is 0 Å². The number of piperidine rings is 1. The highest BCUT2D eigenvalue weighted by Gasteiger charge is 2.22. The molecule has 2 heterocycles. The molecule has 1 fully saturated rings. The van der Waals surface area contributed by atoms with Crippen molar-refractivity contribution < 1.29 is 9.21 Å². The van der Waals surface area contributed by atoms with Gasteiger partial charge in [0.1, 0.15) is 5.76 Å². The molecule has 0 unspecified atom stereocenters. The molecule has 1 aromatic carbocycles. The fourth-order valence-corrected chi connectivity index (χ4v) is 3.15. The van der Waals surface area contributed by atoms with Crippen LogP contribution in [0.2, 0.25) is 0 Å². The molecule has 0 saturated carbocycles. The van der Waals surface area contributed by atoms with Crippen molar-refractivity contribution in [2.45, 2.75) is 25.8 Å². The van der Waals surface area contributed by atoms with Crippen molar-refractivity contribution in [2.24, 2.45) is 5.92 Å². The van der Waals surface area contributed by atoms with Gasteiger partial charge in [-0.2, -0.15) is 0 Å². The Morgan fingerprint density at radius 1 is 1.13 bits per heavy atom. The number of nitrogens with zero attached hydrogens (tertiary/aromatic N) is 1. The number of nitrogens with one attached hydrogen (secondary N) is 1. The maximum atomic E-state index is 12.2. The van der Waals surface area contributed by atoms with E-state index < -0.39 is 0 Å². The second kappa shape index (κ2) is 7.97. The zero-order valence-corrected chi connectivity index (χ0v) is 13.4. The van der Waals surface area contributed by atoms with Crippen LogP contribution in [-0.4, -0.2) is 30.4 Å². The first-order valence-corrected chi connectivity index (χ1v) is 8.36. The van der Waals surface area contributed by atoms with Crippen LogP contribution in [0.15, 0.2) is 53.1 Å². The Morgan fingerprint density at radius 2 is 1.91 bits per heavy atom. The molecule has 23 heavy (non-hydrogen) atoms. The van der Waals surface area contributed by atoms with Crippen LogP contribution in [0.25, 0.3) is 0 Å². The molecule has 3 rings (SSSR count). The summed E-state index contributed by atoms with van der Waals surface area (Å²) in [6.07, 6.45) is 4.97. The van der Waals surface area contributed by atoms with E-state index in [1.807, 2.05) is 17.0 Å². The molecule has 1 aliphatic rings. The lowest BCUT2D eigenvalue weighted by molar-refractivity contribution is -0.131. The van der Waals surface area contributed by atoms with Crippen LogP contribution < -0.4 is 5.32 Å². The third-order valence-corrected chi connectivity index (χ3v) is 4.49. The van der Waals surface area contributed by atoms with Crippen LogP contribution in [0.4, 0.5) is 0 Å². The molecule has 4 heteroatoms. The zero-order chi connectivity index (χ0) is 15.9. The van der Waals surface area contributed by atoms with E-state index in [0.29, 0.717) is 19.0 Å². The lowest BCUT2D eigenvalue weighted by Gasteiger charge is -2.32. The van der Waals surface area contributed by atoms with Gasteiger partial charge in [0.15, 0.2) is 0 Å². The van der Waals surface area contributed by atoms with E-state index >= 15 is 0 Å². The molecular weight excluding hydrogens is 288 g/mol. The molecule has 0 atom stereocenters. The molecule has 0 spiro atoms. The Morgan fingerprint density at radius 3 is 2.61 bits per heavy atom. The first-order valence-electron chi connectivity index (χ1n) is 8.36. The van der Waals surface area contributed by atoms with E-state index in [1.165, 1.54) is 5.56 Å². The first-order chi connectivity index (χ1) is 11.3. The summed E-state index contributed by atoms with van der Waals surface area (Å²) in [4.78, 5) is 14.2. The van der Waals surface area contributed by atoms with Crippen LogP contribution in [0.1, 0.15) is 24.2 Å². The number of furan rings is 1. The summed E-state index contributed by atoms with van der Waals surface area (Å²) in [5, 5.41) is 3.15. The summed E-state index contributed by atoms with van der Waals surface area (Å²) < 4.78 is 5.24. The smallest absolute Gasteiger partial charge is 0.236 e. The first kappa shape index (κ1) is 15.8. The third kappa shape index (κ3) is 4.70. The van der Waals surface area contributed by atoms with Gasteiger partial charge in [-0.25, -0.2) is 0 Å². The molecule has 1 saturated heterocycles. The fourth-order valence-electron chi connectivity index (χ4n) is 3.15. The molecular formula is C19H24N2O2. The second-order valence-corrected chi connectivity index (χ2v) is 6.20. The summed E-state index contributed by atoms with van der Waals surface area (Å²) in [6, 6.07) is 14.4. The zero-order valence-electron chi connectivity index (χ0n) is 13.4. The average Bonchev–Trinajstić information content (AvgIpc) is 3.10. The summed E-state index contributed by atoms with van der Waals surface area (Å²) in [7, 11) is 0. The fraction of sp³-hybridized carbons (Fsp3) is 0.421. The van der Waals surface area contributed by atoms with Crippen LogP contribution in [0.5, 0.6) is 0 Å². The molecule has 122 valence electrons. The number of amides is 1. The lowest BCUT2D eigenvalue weighted by atomic mass is 9.90. The van der Waals surface area contributed by atoms with Crippen LogP contribution in [0, 0.1) is 5.92 Å². The van der Waals surface area contributed by atoms with E-state index in [4.69, 9.17) is 4.42 Å². The average molecular weight is 312 g/mol. The highest BCUT2D eigenvalue weighted by Crippen LogP contribution is 2.21. The quantitative estimate of drug-likeness (QED) is 0.892. The minimum Gasteiger partial charge on any atom is -0.468 e. The number of likely N-dealkylation sites (tertiary alicyclic amines) is 1. The second-order valence-electron chi connectivity index (χ2n) is 6.20. The molecule has 1 aliphatic heterocycles. The van der Waals surface area contributed by atoms with Gasteiger partial charge in [-0.3, -0.25) is 4.79 Å². The van der Waals surface area contributed by atoms with Gasteiger partial charge in [0.25, 0.3) is 0 Å². The van der Waals surface area contributed by atoms with Crippen LogP contribution >= 0.6 is 0 Å². The Bertz CT molecular complexity index is 587. The predicted molar refractivity (Wildman–Crippen MR) is 89.9 cm³/mol. The summed E-state index contributed by atoms with van der Waals surface area (Å²) >= 11 is 0. The van der Waals surface area contributed by atoms with Crippen molar-refractivity contribution in [3.05, 3.63) is 60.1 Å². The Hall–Kier alpha value is -2.07. The van der Waals surface area contributed by atoms with Gasteiger partial charge in [-0.1, -0.05) is 30.3 Å². The van der Waals surface area contributed by atoms with Crippen molar-refractivity contribution in [2.75, 3.05) is 19.6 Å².